The lowest BCUT2D eigenvalue weighted by Gasteiger charge is -2.18. The van der Waals surface area contributed by atoms with Gasteiger partial charge >= 0.3 is 0 Å². The lowest BCUT2D eigenvalue weighted by Crippen LogP contribution is -2.38. The van der Waals surface area contributed by atoms with E-state index in [2.05, 4.69) is 19.2 Å². The predicted molar refractivity (Wildman–Crippen MR) is 84.5 cm³/mol. The highest BCUT2D eigenvalue weighted by Crippen LogP contribution is 2.19. The Morgan fingerprint density at radius 1 is 1.33 bits per heavy atom. The van der Waals surface area contributed by atoms with Crippen molar-refractivity contribution in [1.82, 2.24) is 5.32 Å². The number of aliphatic hydroxyl groups excluding tert-OH is 1. The smallest absolute Gasteiger partial charge is 0.223 e. The number of ether oxygens (including phenoxy) is 1. The van der Waals surface area contributed by atoms with E-state index in [-0.39, 0.29) is 18.6 Å². The highest BCUT2D eigenvalue weighted by atomic mass is 16.5. The molecule has 0 aliphatic carbocycles. The number of benzene rings is 1. The molecule has 1 aromatic rings. The van der Waals surface area contributed by atoms with E-state index in [9.17, 15) is 9.90 Å². The minimum Gasteiger partial charge on any atom is -0.493 e. The molecule has 0 radical (unpaired) electrons. The maximum atomic E-state index is 11.8. The van der Waals surface area contributed by atoms with Gasteiger partial charge in [-0.25, -0.2) is 0 Å². The number of carbonyl (C=O) groups is 1. The number of nitrogens with one attached hydrogen (secondary N) is 1. The number of aliphatic hydroxyl groups is 1. The highest BCUT2D eigenvalue weighted by Gasteiger charge is 2.13. The third-order valence-corrected chi connectivity index (χ3v) is 3.27. The summed E-state index contributed by atoms with van der Waals surface area (Å²) in [5.74, 6) is 1.18. The van der Waals surface area contributed by atoms with Crippen molar-refractivity contribution in [3.63, 3.8) is 0 Å². The Labute approximate surface area is 127 Å². The van der Waals surface area contributed by atoms with E-state index in [1.54, 1.807) is 0 Å². The van der Waals surface area contributed by atoms with E-state index < -0.39 is 0 Å². The predicted octanol–water partition coefficient (Wildman–Crippen LogP) is 2.60. The van der Waals surface area contributed by atoms with Gasteiger partial charge in [0.25, 0.3) is 0 Å². The number of amides is 1. The van der Waals surface area contributed by atoms with Gasteiger partial charge in [-0.3, -0.25) is 4.79 Å². The van der Waals surface area contributed by atoms with Crippen LogP contribution < -0.4 is 10.1 Å². The standard InChI is InChI=1S/C17H27NO3/c1-12(2)9-15(11-19)18-17(20)7-8-21-16-10-13(3)5-6-14(16)4/h5-6,10,12,15,19H,7-9,11H2,1-4H3,(H,18,20). The van der Waals surface area contributed by atoms with Crippen molar-refractivity contribution in [2.45, 2.75) is 46.6 Å². The normalized spacial score (nSPS) is 12.3. The molecule has 1 rings (SSSR count). The van der Waals surface area contributed by atoms with Gasteiger partial charge in [-0.05, 0) is 43.4 Å². The van der Waals surface area contributed by atoms with Crippen LogP contribution in [-0.2, 0) is 4.79 Å². The zero-order valence-electron chi connectivity index (χ0n) is 13.5. The van der Waals surface area contributed by atoms with E-state index in [1.807, 2.05) is 32.0 Å². The fourth-order valence-corrected chi connectivity index (χ4v) is 2.16. The molecule has 1 aromatic carbocycles. The van der Waals surface area contributed by atoms with Crippen molar-refractivity contribution in [2.24, 2.45) is 5.92 Å². The second-order valence-corrected chi connectivity index (χ2v) is 5.94. The van der Waals surface area contributed by atoms with Crippen LogP contribution in [0.3, 0.4) is 0 Å². The molecule has 0 saturated heterocycles. The molecule has 0 bridgehead atoms. The zero-order valence-corrected chi connectivity index (χ0v) is 13.5. The fraction of sp³-hybridized carbons (Fsp3) is 0.588. The average molecular weight is 293 g/mol. The average Bonchev–Trinajstić information content (AvgIpc) is 2.41. The van der Waals surface area contributed by atoms with E-state index in [1.165, 1.54) is 0 Å². The van der Waals surface area contributed by atoms with Gasteiger partial charge in [0.05, 0.1) is 25.7 Å². The molecule has 1 amide bonds. The second-order valence-electron chi connectivity index (χ2n) is 5.94. The molecule has 118 valence electrons. The molecule has 1 unspecified atom stereocenters. The first kappa shape index (κ1) is 17.5. The summed E-state index contributed by atoms with van der Waals surface area (Å²) < 4.78 is 5.66. The van der Waals surface area contributed by atoms with Crippen LogP contribution in [0, 0.1) is 19.8 Å². The van der Waals surface area contributed by atoms with Gasteiger partial charge in [0.2, 0.25) is 5.91 Å². The van der Waals surface area contributed by atoms with Gasteiger partial charge in [-0.2, -0.15) is 0 Å². The summed E-state index contributed by atoms with van der Waals surface area (Å²) in [6.07, 6.45) is 1.07. The Balaban J connectivity index is 2.37. The van der Waals surface area contributed by atoms with Crippen LogP contribution in [0.4, 0.5) is 0 Å². The molecule has 21 heavy (non-hydrogen) atoms. The van der Waals surface area contributed by atoms with E-state index >= 15 is 0 Å². The summed E-state index contributed by atoms with van der Waals surface area (Å²) in [5.41, 5.74) is 2.20. The lowest BCUT2D eigenvalue weighted by molar-refractivity contribution is -0.122. The Hall–Kier alpha value is -1.55. The summed E-state index contributed by atoms with van der Waals surface area (Å²) in [6, 6.07) is 5.85. The molecular formula is C17H27NO3. The van der Waals surface area contributed by atoms with Crippen LogP contribution in [0.5, 0.6) is 5.75 Å². The van der Waals surface area contributed by atoms with Crippen molar-refractivity contribution < 1.29 is 14.6 Å². The summed E-state index contributed by atoms with van der Waals surface area (Å²) in [6.45, 7) is 8.45. The molecule has 4 heteroatoms. The number of hydrogen-bond donors (Lipinski definition) is 2. The third-order valence-electron chi connectivity index (χ3n) is 3.27. The molecule has 2 N–H and O–H groups in total. The van der Waals surface area contributed by atoms with E-state index in [4.69, 9.17) is 4.74 Å². The first-order valence-corrected chi connectivity index (χ1v) is 7.52. The van der Waals surface area contributed by atoms with Crippen LogP contribution in [0.25, 0.3) is 0 Å². The Morgan fingerprint density at radius 3 is 2.67 bits per heavy atom. The van der Waals surface area contributed by atoms with Gasteiger partial charge < -0.3 is 15.2 Å². The summed E-state index contributed by atoms with van der Waals surface area (Å²) >= 11 is 0. The lowest BCUT2D eigenvalue weighted by atomic mass is 10.0. The number of aryl methyl sites for hydroxylation is 2. The van der Waals surface area contributed by atoms with Crippen LogP contribution >= 0.6 is 0 Å². The summed E-state index contributed by atoms with van der Waals surface area (Å²) in [4.78, 5) is 11.8. The fourth-order valence-electron chi connectivity index (χ4n) is 2.16. The number of hydrogen-bond acceptors (Lipinski definition) is 3. The number of rotatable bonds is 8. The largest absolute Gasteiger partial charge is 0.493 e. The molecule has 0 heterocycles. The monoisotopic (exact) mass is 293 g/mol. The van der Waals surface area contributed by atoms with Crippen LogP contribution in [-0.4, -0.2) is 30.3 Å². The zero-order chi connectivity index (χ0) is 15.8. The maximum absolute atomic E-state index is 11.8. The van der Waals surface area contributed by atoms with Crippen molar-refractivity contribution in [3.05, 3.63) is 29.3 Å². The first-order valence-electron chi connectivity index (χ1n) is 7.52. The molecule has 0 aliphatic heterocycles. The molecular weight excluding hydrogens is 266 g/mol. The Kier molecular flexibility index (Phi) is 7.23. The molecule has 0 spiro atoms. The first-order chi connectivity index (χ1) is 9.92. The van der Waals surface area contributed by atoms with Gasteiger partial charge in [0.15, 0.2) is 0 Å². The van der Waals surface area contributed by atoms with Crippen LogP contribution in [0.2, 0.25) is 0 Å². The molecule has 0 aromatic heterocycles. The minimum absolute atomic E-state index is 0.0260. The SMILES string of the molecule is Cc1ccc(C)c(OCCC(=O)NC(CO)CC(C)C)c1. The highest BCUT2D eigenvalue weighted by molar-refractivity contribution is 5.76. The molecule has 0 saturated carbocycles. The maximum Gasteiger partial charge on any atom is 0.223 e. The molecule has 1 atom stereocenters. The van der Waals surface area contributed by atoms with Crippen molar-refractivity contribution in [1.29, 1.82) is 0 Å². The van der Waals surface area contributed by atoms with Gasteiger partial charge in [0, 0.05) is 0 Å². The van der Waals surface area contributed by atoms with Crippen LogP contribution in [0.15, 0.2) is 18.2 Å². The van der Waals surface area contributed by atoms with E-state index in [0.29, 0.717) is 18.9 Å². The van der Waals surface area contributed by atoms with Crippen LogP contribution in [0.1, 0.15) is 37.8 Å². The van der Waals surface area contributed by atoms with Crippen molar-refractivity contribution >= 4 is 5.91 Å². The van der Waals surface area contributed by atoms with Gasteiger partial charge in [0.1, 0.15) is 5.75 Å². The Morgan fingerprint density at radius 2 is 2.05 bits per heavy atom. The second kappa shape index (κ2) is 8.67. The quantitative estimate of drug-likeness (QED) is 0.774. The summed E-state index contributed by atoms with van der Waals surface area (Å²) in [7, 11) is 0. The number of carbonyl (C=O) groups excluding carboxylic acids is 1. The van der Waals surface area contributed by atoms with Crippen molar-refractivity contribution in [2.75, 3.05) is 13.2 Å². The van der Waals surface area contributed by atoms with Crippen molar-refractivity contribution in [3.8, 4) is 5.75 Å². The minimum atomic E-state index is -0.168. The Bertz CT molecular complexity index is 457. The molecule has 0 aliphatic rings. The van der Waals surface area contributed by atoms with Gasteiger partial charge in [-0.15, -0.1) is 0 Å². The topological polar surface area (TPSA) is 58.6 Å². The molecule has 0 fully saturated rings. The van der Waals surface area contributed by atoms with Gasteiger partial charge in [-0.1, -0.05) is 26.0 Å². The van der Waals surface area contributed by atoms with E-state index in [0.717, 1.165) is 23.3 Å². The third kappa shape index (κ3) is 6.63. The molecule has 4 nitrogen and oxygen atoms in total. The summed E-state index contributed by atoms with van der Waals surface area (Å²) in [5, 5.41) is 12.1.